The molecule has 0 bridgehead atoms. The Hall–Kier alpha value is -2.84. The third-order valence-corrected chi connectivity index (χ3v) is 6.11. The molecule has 12 heteroatoms. The number of thiol groups is 2. The van der Waals surface area contributed by atoms with Gasteiger partial charge in [-0.1, -0.05) is 6.07 Å². The summed E-state index contributed by atoms with van der Waals surface area (Å²) in [5.41, 5.74) is 1.74. The first kappa shape index (κ1) is 24.3. The molecule has 1 heterocycles. The van der Waals surface area contributed by atoms with Gasteiger partial charge in [0.05, 0.1) is 11.4 Å². The van der Waals surface area contributed by atoms with Gasteiger partial charge < -0.3 is 10.6 Å². The molecule has 4 aromatic rings. The number of rotatable bonds is 5. The number of anilines is 3. The van der Waals surface area contributed by atoms with Crippen molar-refractivity contribution in [2.45, 2.75) is 16.7 Å². The second-order valence-electron chi connectivity index (χ2n) is 7.05. The minimum Gasteiger partial charge on any atom is -0.339 e. The van der Waals surface area contributed by atoms with Gasteiger partial charge in [0, 0.05) is 22.4 Å². The number of aromatic nitrogens is 2. The molecule has 0 saturated heterocycles. The van der Waals surface area contributed by atoms with Gasteiger partial charge in [-0.25, -0.2) is 0 Å². The molecule has 34 heavy (non-hydrogen) atoms. The van der Waals surface area contributed by atoms with Crippen molar-refractivity contribution in [2.75, 3.05) is 10.6 Å². The molecule has 1 aromatic heterocycles. The average Bonchev–Trinajstić information content (AvgIpc) is 2.76. The van der Waals surface area contributed by atoms with Gasteiger partial charge in [0.15, 0.2) is 5.82 Å². The van der Waals surface area contributed by atoms with Crippen molar-refractivity contribution in [3.8, 4) is 0 Å². The van der Waals surface area contributed by atoms with Crippen molar-refractivity contribution in [3.63, 3.8) is 0 Å². The molecule has 0 fully saturated rings. The molecular formula is C22H15F2IN6OS2. The number of carbonyl (C=O) groups excluding carboxylic acids is 1. The quantitative estimate of drug-likeness (QED) is 0.0634. The Morgan fingerprint density at radius 3 is 2.59 bits per heavy atom. The maximum atomic E-state index is 13.7. The summed E-state index contributed by atoms with van der Waals surface area (Å²) in [6.45, 7) is 1.35. The SMILES string of the molecule is CC(=O)Nc1cc(Nc2nc(F)nc(F)c2I)ccc1/N=N/c1ccc2cc(S)cc(S)c2c1. The van der Waals surface area contributed by atoms with Crippen LogP contribution in [-0.2, 0) is 4.79 Å². The number of amides is 1. The van der Waals surface area contributed by atoms with Crippen molar-refractivity contribution in [2.24, 2.45) is 10.2 Å². The fraction of sp³-hybridized carbons (Fsp3) is 0.0455. The van der Waals surface area contributed by atoms with Gasteiger partial charge in [-0.2, -0.15) is 23.9 Å². The van der Waals surface area contributed by atoms with E-state index in [-0.39, 0.29) is 15.3 Å². The zero-order valence-corrected chi connectivity index (χ0v) is 21.3. The van der Waals surface area contributed by atoms with E-state index in [0.717, 1.165) is 20.6 Å². The van der Waals surface area contributed by atoms with Gasteiger partial charge in [0.1, 0.15) is 9.26 Å². The van der Waals surface area contributed by atoms with E-state index in [2.05, 4.69) is 56.1 Å². The molecule has 3 aromatic carbocycles. The maximum Gasteiger partial charge on any atom is 0.313 e. The number of hydrogen-bond donors (Lipinski definition) is 4. The number of benzene rings is 3. The molecule has 7 nitrogen and oxygen atoms in total. The van der Waals surface area contributed by atoms with E-state index in [1.165, 1.54) is 6.92 Å². The highest BCUT2D eigenvalue weighted by Crippen LogP contribution is 2.34. The lowest BCUT2D eigenvalue weighted by atomic mass is 10.1. The Morgan fingerprint density at radius 1 is 1.03 bits per heavy atom. The summed E-state index contributed by atoms with van der Waals surface area (Å²) in [6, 6.07) is 14.1. The summed E-state index contributed by atoms with van der Waals surface area (Å²) in [7, 11) is 0. The third kappa shape index (κ3) is 5.62. The molecule has 1 amide bonds. The first-order chi connectivity index (χ1) is 16.2. The lowest BCUT2D eigenvalue weighted by Gasteiger charge is -2.11. The normalized spacial score (nSPS) is 11.2. The Morgan fingerprint density at radius 2 is 1.82 bits per heavy atom. The molecule has 0 atom stereocenters. The van der Waals surface area contributed by atoms with Gasteiger partial charge in [-0.3, -0.25) is 4.79 Å². The summed E-state index contributed by atoms with van der Waals surface area (Å²) in [5, 5.41) is 15.9. The van der Waals surface area contributed by atoms with Gasteiger partial charge in [0.2, 0.25) is 11.9 Å². The van der Waals surface area contributed by atoms with Gasteiger partial charge >= 0.3 is 6.08 Å². The minimum absolute atomic E-state index is 0.0220. The van der Waals surface area contributed by atoms with Crippen LogP contribution in [0.2, 0.25) is 0 Å². The van der Waals surface area contributed by atoms with Crippen LogP contribution >= 0.6 is 47.8 Å². The van der Waals surface area contributed by atoms with Crippen LogP contribution in [0.5, 0.6) is 0 Å². The minimum atomic E-state index is -1.20. The molecular weight excluding hydrogens is 593 g/mol. The number of carbonyl (C=O) groups is 1. The number of nitrogens with one attached hydrogen (secondary N) is 2. The fourth-order valence-corrected chi connectivity index (χ4v) is 4.17. The topological polar surface area (TPSA) is 91.6 Å². The van der Waals surface area contributed by atoms with Gasteiger partial charge in [-0.15, -0.1) is 30.4 Å². The van der Waals surface area contributed by atoms with Crippen molar-refractivity contribution < 1.29 is 13.6 Å². The summed E-state index contributed by atoms with van der Waals surface area (Å²) in [5.74, 6) is -1.35. The maximum absolute atomic E-state index is 13.7. The van der Waals surface area contributed by atoms with Crippen LogP contribution in [-0.4, -0.2) is 15.9 Å². The number of halogens is 3. The van der Waals surface area contributed by atoms with Crippen molar-refractivity contribution in [3.05, 3.63) is 64.1 Å². The largest absolute Gasteiger partial charge is 0.339 e. The summed E-state index contributed by atoms with van der Waals surface area (Å²) < 4.78 is 27.2. The Balaban J connectivity index is 1.66. The molecule has 0 aliphatic carbocycles. The number of hydrogen-bond acceptors (Lipinski definition) is 8. The van der Waals surface area contributed by atoms with Crippen LogP contribution in [0.15, 0.2) is 68.6 Å². The zero-order chi connectivity index (χ0) is 24.4. The van der Waals surface area contributed by atoms with Crippen molar-refractivity contribution >= 4 is 93.1 Å². The van der Waals surface area contributed by atoms with E-state index >= 15 is 0 Å². The molecule has 0 spiro atoms. The predicted molar refractivity (Wildman–Crippen MR) is 141 cm³/mol. The Bertz CT molecular complexity index is 1470. The number of azo groups is 1. The van der Waals surface area contributed by atoms with E-state index in [0.29, 0.717) is 22.7 Å². The van der Waals surface area contributed by atoms with E-state index < -0.39 is 12.0 Å². The van der Waals surface area contributed by atoms with Crippen LogP contribution in [0.1, 0.15) is 6.92 Å². The van der Waals surface area contributed by atoms with Crippen LogP contribution in [0.3, 0.4) is 0 Å². The van der Waals surface area contributed by atoms with Gasteiger partial charge in [-0.05, 0) is 75.8 Å². The van der Waals surface area contributed by atoms with E-state index in [1.54, 1.807) is 46.9 Å². The smallest absolute Gasteiger partial charge is 0.313 e. The highest BCUT2D eigenvalue weighted by molar-refractivity contribution is 14.1. The molecule has 0 saturated carbocycles. The predicted octanol–water partition coefficient (Wildman–Crippen LogP) is 7.21. The standard InChI is InChI=1S/C22H15F2IN6OS2/c1-10(32)26-17-8-12(27-21-19(25)20(23)28-22(24)29-21)4-5-16(17)31-30-13-3-2-11-6-14(33)9-18(34)15(11)7-13/h2-9,33-34H,1H3,(H,26,32)(H,27,28,29)/b31-30+. The van der Waals surface area contributed by atoms with Crippen LogP contribution in [0.4, 0.5) is 37.3 Å². The monoisotopic (exact) mass is 608 g/mol. The van der Waals surface area contributed by atoms with Crippen LogP contribution in [0.25, 0.3) is 10.8 Å². The second-order valence-corrected chi connectivity index (χ2v) is 9.13. The number of fused-ring (bicyclic) bond motifs is 1. The highest BCUT2D eigenvalue weighted by Gasteiger charge is 2.13. The Kier molecular flexibility index (Phi) is 7.28. The number of nitrogens with zero attached hydrogens (tertiary/aromatic N) is 4. The summed E-state index contributed by atoms with van der Waals surface area (Å²) >= 11 is 10.5. The average molecular weight is 608 g/mol. The summed E-state index contributed by atoms with van der Waals surface area (Å²) in [4.78, 5) is 19.9. The third-order valence-electron chi connectivity index (χ3n) is 4.53. The molecule has 0 unspecified atom stereocenters. The molecule has 2 N–H and O–H groups in total. The highest BCUT2D eigenvalue weighted by atomic mass is 127. The van der Waals surface area contributed by atoms with Crippen LogP contribution < -0.4 is 10.6 Å². The molecule has 4 rings (SSSR count). The van der Waals surface area contributed by atoms with E-state index in [1.807, 2.05) is 24.3 Å². The van der Waals surface area contributed by atoms with Gasteiger partial charge in [0.25, 0.3) is 0 Å². The molecule has 0 radical (unpaired) electrons. The first-order valence-electron chi connectivity index (χ1n) is 9.64. The Labute approximate surface area is 217 Å². The van der Waals surface area contributed by atoms with Crippen molar-refractivity contribution in [1.82, 2.24) is 9.97 Å². The molecule has 0 aliphatic rings. The van der Waals surface area contributed by atoms with Crippen LogP contribution in [0, 0.1) is 15.6 Å². The fourth-order valence-electron chi connectivity index (χ4n) is 3.09. The lowest BCUT2D eigenvalue weighted by Crippen LogP contribution is -2.07. The molecule has 0 aliphatic heterocycles. The van der Waals surface area contributed by atoms with Crippen molar-refractivity contribution in [1.29, 1.82) is 0 Å². The second kappa shape index (κ2) is 10.2. The first-order valence-corrected chi connectivity index (χ1v) is 11.6. The summed E-state index contributed by atoms with van der Waals surface area (Å²) in [6.07, 6.45) is -1.20. The van der Waals surface area contributed by atoms with E-state index in [9.17, 15) is 13.6 Å². The van der Waals surface area contributed by atoms with E-state index in [4.69, 9.17) is 0 Å². The zero-order valence-electron chi connectivity index (χ0n) is 17.3. The molecule has 172 valence electrons. The lowest BCUT2D eigenvalue weighted by molar-refractivity contribution is -0.114.